The van der Waals surface area contributed by atoms with Gasteiger partial charge < -0.3 is 4.98 Å². The fourth-order valence-corrected chi connectivity index (χ4v) is 4.74. The van der Waals surface area contributed by atoms with E-state index in [4.69, 9.17) is 0 Å². The number of nitrogens with zero attached hydrogens (tertiary/aromatic N) is 5. The lowest BCUT2D eigenvalue weighted by atomic mass is 10.1. The zero-order valence-corrected chi connectivity index (χ0v) is 23.5. The Balaban J connectivity index is 1.19. The Bertz CT molecular complexity index is 1950. The van der Waals surface area contributed by atoms with Crippen LogP contribution in [0.4, 0.5) is 11.4 Å². The monoisotopic (exact) mass is 565 g/mol. The van der Waals surface area contributed by atoms with Crippen molar-refractivity contribution < 1.29 is 9.59 Å². The number of amides is 2. The van der Waals surface area contributed by atoms with Crippen LogP contribution < -0.4 is 10.3 Å². The second kappa shape index (κ2) is 11.9. The third-order valence-corrected chi connectivity index (χ3v) is 7.01. The minimum atomic E-state index is -0.538. The van der Waals surface area contributed by atoms with Gasteiger partial charge in [-0.2, -0.15) is 5.10 Å². The van der Waals surface area contributed by atoms with Crippen LogP contribution in [0.5, 0.6) is 0 Å². The molecule has 0 spiro atoms. The molecule has 0 fully saturated rings. The van der Waals surface area contributed by atoms with Gasteiger partial charge >= 0.3 is 0 Å². The number of nitrogens with one attached hydrogen (secondary N) is 2. The number of benzene rings is 4. The number of aryl methyl sites for hydroxylation is 1. The van der Waals surface area contributed by atoms with Crippen LogP contribution in [-0.2, 0) is 4.79 Å². The van der Waals surface area contributed by atoms with Crippen molar-refractivity contribution in [3.63, 3.8) is 0 Å². The molecule has 4 aromatic carbocycles. The van der Waals surface area contributed by atoms with Crippen molar-refractivity contribution in [3.05, 3.63) is 137 Å². The Morgan fingerprint density at radius 2 is 1.56 bits per heavy atom. The molecule has 0 radical (unpaired) electrons. The van der Waals surface area contributed by atoms with Crippen LogP contribution >= 0.6 is 0 Å². The number of aromatic nitrogens is 1. The van der Waals surface area contributed by atoms with Gasteiger partial charge in [-0.3, -0.25) is 19.9 Å². The number of amidine groups is 2. The van der Waals surface area contributed by atoms with Crippen LogP contribution in [0.3, 0.4) is 0 Å². The maximum Gasteiger partial charge on any atom is 0.295 e. The number of para-hydroxylation sites is 2. The molecular weight excluding hydrogens is 538 g/mol. The molecule has 0 aliphatic carbocycles. The minimum Gasteiger partial charge on any atom is -0.361 e. The van der Waals surface area contributed by atoms with E-state index in [1.165, 1.54) is 4.90 Å². The zero-order valence-electron chi connectivity index (χ0n) is 23.5. The van der Waals surface area contributed by atoms with E-state index in [0.29, 0.717) is 28.3 Å². The highest BCUT2D eigenvalue weighted by Crippen LogP contribution is 2.27. The molecule has 0 unspecified atom stereocenters. The van der Waals surface area contributed by atoms with E-state index >= 15 is 0 Å². The van der Waals surface area contributed by atoms with Gasteiger partial charge in [0.25, 0.3) is 11.8 Å². The quantitative estimate of drug-likeness (QED) is 0.0737. The van der Waals surface area contributed by atoms with E-state index < -0.39 is 5.91 Å². The lowest BCUT2D eigenvalue weighted by molar-refractivity contribution is -0.113. The number of rotatable bonds is 6. The molecule has 0 atom stereocenters. The van der Waals surface area contributed by atoms with E-state index in [0.717, 1.165) is 27.7 Å². The summed E-state index contributed by atoms with van der Waals surface area (Å²) in [7, 11) is 0. The smallest absolute Gasteiger partial charge is 0.295 e. The fourth-order valence-electron chi connectivity index (χ4n) is 4.74. The predicted molar refractivity (Wildman–Crippen MR) is 170 cm³/mol. The number of hydrogen-bond acceptors (Lipinski definition) is 5. The van der Waals surface area contributed by atoms with Gasteiger partial charge in [0.2, 0.25) is 5.84 Å². The van der Waals surface area contributed by atoms with Crippen molar-refractivity contribution in [1.29, 1.82) is 0 Å². The first kappa shape index (κ1) is 27.2. The number of carbonyl (C=O) groups excluding carboxylic acids is 2. The number of carbonyl (C=O) groups is 2. The highest BCUT2D eigenvalue weighted by Gasteiger charge is 2.29. The van der Waals surface area contributed by atoms with Crippen molar-refractivity contribution in [1.82, 2.24) is 4.98 Å². The van der Waals surface area contributed by atoms with Gasteiger partial charge in [-0.15, -0.1) is 10.2 Å². The average Bonchev–Trinajstić information content (AvgIpc) is 3.57. The molecule has 9 heteroatoms. The first-order chi connectivity index (χ1) is 21.0. The molecule has 0 bridgehead atoms. The van der Waals surface area contributed by atoms with Crippen molar-refractivity contribution >= 4 is 51.8 Å². The summed E-state index contributed by atoms with van der Waals surface area (Å²) in [6.07, 6.45) is 3.64. The number of aliphatic imine (C=N–C) groups is 1. The number of anilines is 2. The topological polar surface area (TPSA) is 115 Å². The van der Waals surface area contributed by atoms with Gasteiger partial charge in [-0.1, -0.05) is 66.7 Å². The van der Waals surface area contributed by atoms with Crippen LogP contribution in [0.1, 0.15) is 34.0 Å². The second-order valence-corrected chi connectivity index (χ2v) is 9.90. The second-order valence-electron chi connectivity index (χ2n) is 9.90. The normalized spacial score (nSPS) is 14.6. The molecule has 6 rings (SSSR count). The van der Waals surface area contributed by atoms with Crippen molar-refractivity contribution in [2.24, 2.45) is 20.3 Å². The Morgan fingerprint density at radius 3 is 2.35 bits per heavy atom. The van der Waals surface area contributed by atoms with Gasteiger partial charge in [-0.25, -0.2) is 4.99 Å². The van der Waals surface area contributed by atoms with E-state index in [1.54, 1.807) is 37.3 Å². The van der Waals surface area contributed by atoms with Crippen molar-refractivity contribution in [2.75, 3.05) is 10.3 Å². The summed E-state index contributed by atoms with van der Waals surface area (Å²) in [5, 5.41) is 13.5. The highest BCUT2D eigenvalue weighted by molar-refractivity contribution is 6.28. The molecule has 43 heavy (non-hydrogen) atoms. The van der Waals surface area contributed by atoms with Crippen LogP contribution in [0.2, 0.25) is 0 Å². The molecule has 1 aliphatic rings. The number of fused-ring (bicyclic) bond motifs is 1. The van der Waals surface area contributed by atoms with Gasteiger partial charge in [0.15, 0.2) is 0 Å². The standard InChI is InChI=1S/C34H27N7O2/c1-22-10-6-8-14-29(22)37-38-32(24-11-4-3-5-12-24)39-40-33(42)25-16-18-27(19-17-25)41-23(2)36-31(34(41)43)20-26-21-35-30-15-9-7-13-28(26)30/h3-21,35,37H,1-2H3/b31-20+,38-32+,40-39?. The molecule has 2 N–H and O–H groups in total. The summed E-state index contributed by atoms with van der Waals surface area (Å²) in [4.78, 5) is 35.5. The summed E-state index contributed by atoms with van der Waals surface area (Å²) >= 11 is 0. The summed E-state index contributed by atoms with van der Waals surface area (Å²) in [6.45, 7) is 3.75. The van der Waals surface area contributed by atoms with Gasteiger partial charge in [0, 0.05) is 33.8 Å². The number of H-pyrrole nitrogens is 1. The third kappa shape index (κ3) is 5.77. The minimum absolute atomic E-state index is 0.244. The lowest BCUT2D eigenvalue weighted by Crippen LogP contribution is -2.30. The summed E-state index contributed by atoms with van der Waals surface area (Å²) in [5.74, 6) is 0.0214. The predicted octanol–water partition coefficient (Wildman–Crippen LogP) is 7.35. The first-order valence-electron chi connectivity index (χ1n) is 13.7. The molecule has 5 aromatic rings. The molecular formula is C34H27N7O2. The van der Waals surface area contributed by atoms with Crippen LogP contribution in [0.25, 0.3) is 17.0 Å². The van der Waals surface area contributed by atoms with E-state index in [1.807, 2.05) is 92.0 Å². The first-order valence-corrected chi connectivity index (χ1v) is 13.7. The molecule has 0 saturated heterocycles. The summed E-state index contributed by atoms with van der Waals surface area (Å²) < 4.78 is 0. The largest absolute Gasteiger partial charge is 0.361 e. The number of aromatic amines is 1. The Morgan fingerprint density at radius 1 is 0.837 bits per heavy atom. The van der Waals surface area contributed by atoms with Gasteiger partial charge in [0.1, 0.15) is 11.5 Å². The fraction of sp³-hybridized carbons (Fsp3) is 0.0588. The van der Waals surface area contributed by atoms with Crippen molar-refractivity contribution in [2.45, 2.75) is 13.8 Å². The Hall–Kier alpha value is -5.96. The Labute approximate surface area is 248 Å². The molecule has 0 saturated carbocycles. The highest BCUT2D eigenvalue weighted by atomic mass is 16.2. The SMILES string of the molecule is CC1=N/C(=C/c2c[nH]c3ccccc23)C(=O)N1c1ccc(C(=O)N=N/C(=N/Nc2ccccc2C)c2ccccc2)cc1. The van der Waals surface area contributed by atoms with E-state index in [-0.39, 0.29) is 11.7 Å². The maximum absolute atomic E-state index is 13.3. The van der Waals surface area contributed by atoms with Crippen molar-refractivity contribution in [3.8, 4) is 0 Å². The number of hydrazone groups is 1. The van der Waals surface area contributed by atoms with Crippen LogP contribution in [0, 0.1) is 6.92 Å². The Kier molecular flexibility index (Phi) is 7.52. The number of azo groups is 1. The molecule has 2 heterocycles. The number of hydrogen-bond donors (Lipinski definition) is 2. The molecule has 1 aromatic heterocycles. The van der Waals surface area contributed by atoms with Gasteiger partial charge in [0.05, 0.1) is 11.4 Å². The van der Waals surface area contributed by atoms with E-state index in [2.05, 4.69) is 30.7 Å². The van der Waals surface area contributed by atoms with Crippen LogP contribution in [0.15, 0.2) is 135 Å². The molecule has 2 amide bonds. The summed E-state index contributed by atoms with van der Waals surface area (Å²) in [6, 6.07) is 31.5. The summed E-state index contributed by atoms with van der Waals surface area (Å²) in [5.41, 5.74) is 8.68. The molecule has 9 nitrogen and oxygen atoms in total. The molecule has 210 valence electrons. The maximum atomic E-state index is 13.3. The lowest BCUT2D eigenvalue weighted by Gasteiger charge is -2.16. The van der Waals surface area contributed by atoms with Crippen LogP contribution in [-0.4, -0.2) is 28.5 Å². The average molecular weight is 566 g/mol. The zero-order chi connectivity index (χ0) is 29.8. The van der Waals surface area contributed by atoms with E-state index in [9.17, 15) is 9.59 Å². The molecule has 1 aliphatic heterocycles. The third-order valence-electron chi connectivity index (χ3n) is 7.01. The van der Waals surface area contributed by atoms with Gasteiger partial charge in [-0.05, 0) is 61.9 Å².